The number of phosphoric ester groups is 1. The fourth-order valence-corrected chi connectivity index (χ4v) is 9.83. The molecule has 3 atom stereocenters. The molecule has 0 rings (SSSR count). The van der Waals surface area contributed by atoms with Gasteiger partial charge in [0.25, 0.3) is 0 Å². The zero-order valence-electron chi connectivity index (χ0n) is 50.4. The van der Waals surface area contributed by atoms with Gasteiger partial charge in [0.05, 0.1) is 19.8 Å². The Bertz CT molecular complexity index is 1540. The van der Waals surface area contributed by atoms with Gasteiger partial charge in [-0.15, -0.1) is 0 Å². The highest BCUT2D eigenvalue weighted by molar-refractivity contribution is 7.47. The van der Waals surface area contributed by atoms with Gasteiger partial charge in [-0.2, -0.15) is 0 Å². The van der Waals surface area contributed by atoms with E-state index in [1.54, 1.807) is 0 Å². The number of hydrogen-bond acceptors (Lipinski definition) is 10. The van der Waals surface area contributed by atoms with Crippen LogP contribution in [0.1, 0.15) is 303 Å². The molecule has 2 N–H and O–H groups in total. The van der Waals surface area contributed by atoms with E-state index in [4.69, 9.17) is 23.3 Å². The molecule has 12 heteroatoms. The number of allylic oxidation sites excluding steroid dienone is 10. The smallest absolute Gasteiger partial charge is 0.462 e. The van der Waals surface area contributed by atoms with Crippen molar-refractivity contribution in [3.63, 3.8) is 0 Å². The molecule has 0 aromatic heterocycles. The minimum atomic E-state index is -4.76. The average Bonchev–Trinajstić information content (AvgIpc) is 3.43. The van der Waals surface area contributed by atoms with Crippen molar-refractivity contribution < 1.29 is 52.2 Å². The molecule has 0 aliphatic rings. The Morgan fingerprint density at radius 1 is 0.372 bits per heavy atom. The van der Waals surface area contributed by atoms with Gasteiger partial charge in [0.1, 0.15) is 12.7 Å². The van der Waals surface area contributed by atoms with Gasteiger partial charge >= 0.3 is 25.7 Å². The standard InChI is InChI=1S/C66H119O11P/c1-4-7-10-13-16-19-22-25-28-30-31-33-36-39-42-45-48-51-54-57-66(70)77-63(59-73-64(68)55-52-49-46-43-40-37-34-27-24-21-18-15-12-9-6-3)61-75-78(71,72)74-60-62(58-67)76-65(69)56-53-50-47-44-41-38-35-32-29-26-23-20-17-14-11-8-5-2/h8,11,17-18,20-21,26-27,29,34,62-63,67H,4-7,9-10,12-16,19,22-25,28,30-33,35-61H2,1-3H3,(H,71,72)/b11-8-,20-17-,21-18-,29-26-,34-27-. The molecule has 0 spiro atoms. The van der Waals surface area contributed by atoms with Gasteiger partial charge in [-0.3, -0.25) is 23.4 Å². The van der Waals surface area contributed by atoms with Crippen LogP contribution >= 0.6 is 7.82 Å². The van der Waals surface area contributed by atoms with Crippen LogP contribution in [0, 0.1) is 0 Å². The number of phosphoric acid groups is 1. The fraction of sp³-hybridized carbons (Fsp3) is 0.803. The summed E-state index contributed by atoms with van der Waals surface area (Å²) in [6, 6.07) is 0. The predicted octanol–water partition coefficient (Wildman–Crippen LogP) is 19.5. The normalized spacial score (nSPS) is 13.7. The summed E-state index contributed by atoms with van der Waals surface area (Å²) in [6.45, 7) is 4.54. The van der Waals surface area contributed by atoms with E-state index in [0.717, 1.165) is 116 Å². The Labute approximate surface area is 478 Å². The topological polar surface area (TPSA) is 155 Å². The Kier molecular flexibility index (Phi) is 58.1. The van der Waals surface area contributed by atoms with Gasteiger partial charge in [0.15, 0.2) is 6.10 Å². The van der Waals surface area contributed by atoms with Crippen LogP contribution in [0.5, 0.6) is 0 Å². The lowest BCUT2D eigenvalue weighted by Crippen LogP contribution is -2.30. The van der Waals surface area contributed by atoms with E-state index < -0.39 is 57.8 Å². The minimum absolute atomic E-state index is 0.165. The first kappa shape index (κ1) is 75.2. The maximum absolute atomic E-state index is 13.0. The van der Waals surface area contributed by atoms with Crippen molar-refractivity contribution in [1.82, 2.24) is 0 Å². The lowest BCUT2D eigenvalue weighted by Gasteiger charge is -2.21. The molecule has 3 unspecified atom stereocenters. The summed E-state index contributed by atoms with van der Waals surface area (Å²) < 4.78 is 39.7. The van der Waals surface area contributed by atoms with Crippen molar-refractivity contribution in [1.29, 1.82) is 0 Å². The maximum Gasteiger partial charge on any atom is 0.472 e. The molecule has 0 bridgehead atoms. The third-order valence-electron chi connectivity index (χ3n) is 13.9. The van der Waals surface area contributed by atoms with Crippen molar-refractivity contribution in [3.05, 3.63) is 60.8 Å². The van der Waals surface area contributed by atoms with Gasteiger partial charge in [0.2, 0.25) is 0 Å². The van der Waals surface area contributed by atoms with Crippen molar-refractivity contribution in [2.24, 2.45) is 0 Å². The number of carbonyl (C=O) groups excluding carboxylic acids is 3. The predicted molar refractivity (Wildman–Crippen MR) is 325 cm³/mol. The van der Waals surface area contributed by atoms with Gasteiger partial charge in [-0.05, 0) is 83.5 Å². The van der Waals surface area contributed by atoms with Crippen LogP contribution in [-0.2, 0) is 42.2 Å². The molecule has 0 heterocycles. The first-order chi connectivity index (χ1) is 38.2. The largest absolute Gasteiger partial charge is 0.472 e. The van der Waals surface area contributed by atoms with Gasteiger partial charge in [-0.1, -0.05) is 261 Å². The molecule has 0 aromatic rings. The van der Waals surface area contributed by atoms with E-state index in [2.05, 4.69) is 81.5 Å². The van der Waals surface area contributed by atoms with Gasteiger partial charge < -0.3 is 24.2 Å². The fourth-order valence-electron chi connectivity index (χ4n) is 9.05. The third kappa shape index (κ3) is 57.9. The molecule has 0 aliphatic carbocycles. The van der Waals surface area contributed by atoms with Crippen LogP contribution in [0.3, 0.4) is 0 Å². The molecular formula is C66H119O11P. The van der Waals surface area contributed by atoms with Crippen molar-refractivity contribution in [3.8, 4) is 0 Å². The number of esters is 3. The Hall–Kier alpha value is -2.82. The Morgan fingerprint density at radius 3 is 1.05 bits per heavy atom. The highest BCUT2D eigenvalue weighted by atomic mass is 31.2. The molecule has 0 saturated heterocycles. The number of unbranched alkanes of at least 4 members (excludes halogenated alkanes) is 33. The highest BCUT2D eigenvalue weighted by Gasteiger charge is 2.28. The number of hydrogen-bond donors (Lipinski definition) is 2. The second-order valence-corrected chi connectivity index (χ2v) is 23.0. The van der Waals surface area contributed by atoms with E-state index in [1.165, 1.54) is 128 Å². The Balaban J connectivity index is 4.68. The average molecular weight is 1120 g/mol. The molecule has 0 aliphatic heterocycles. The van der Waals surface area contributed by atoms with E-state index in [0.29, 0.717) is 19.3 Å². The third-order valence-corrected chi connectivity index (χ3v) is 14.9. The molecule has 0 saturated carbocycles. The van der Waals surface area contributed by atoms with Crippen LogP contribution in [0.25, 0.3) is 0 Å². The molecular weight excluding hydrogens is 1000 g/mol. The first-order valence-corrected chi connectivity index (χ1v) is 33.7. The van der Waals surface area contributed by atoms with E-state index in [-0.39, 0.29) is 25.9 Å². The molecule has 454 valence electrons. The molecule has 0 aromatic carbocycles. The summed E-state index contributed by atoms with van der Waals surface area (Å²) in [6.07, 6.45) is 67.4. The molecule has 0 radical (unpaired) electrons. The Morgan fingerprint density at radius 2 is 0.667 bits per heavy atom. The number of rotatable bonds is 60. The summed E-state index contributed by atoms with van der Waals surface area (Å²) in [5.41, 5.74) is 0. The van der Waals surface area contributed by atoms with Crippen molar-refractivity contribution >= 4 is 25.7 Å². The molecule has 0 fully saturated rings. The monoisotopic (exact) mass is 1120 g/mol. The summed E-state index contributed by atoms with van der Waals surface area (Å²) in [5, 5.41) is 9.85. The minimum Gasteiger partial charge on any atom is -0.462 e. The van der Waals surface area contributed by atoms with Crippen LogP contribution in [-0.4, -0.2) is 66.5 Å². The van der Waals surface area contributed by atoms with Crippen molar-refractivity contribution in [2.45, 2.75) is 315 Å². The second kappa shape index (κ2) is 60.3. The van der Waals surface area contributed by atoms with Gasteiger partial charge in [-0.25, -0.2) is 4.57 Å². The van der Waals surface area contributed by atoms with E-state index in [9.17, 15) is 28.9 Å². The van der Waals surface area contributed by atoms with Crippen LogP contribution < -0.4 is 0 Å². The van der Waals surface area contributed by atoms with E-state index in [1.807, 2.05) is 0 Å². The van der Waals surface area contributed by atoms with Crippen LogP contribution in [0.15, 0.2) is 60.8 Å². The summed E-state index contributed by atoms with van der Waals surface area (Å²) in [4.78, 5) is 48.7. The lowest BCUT2D eigenvalue weighted by molar-refractivity contribution is -0.161. The van der Waals surface area contributed by atoms with Gasteiger partial charge in [0, 0.05) is 19.3 Å². The molecule has 0 amide bonds. The molecule has 78 heavy (non-hydrogen) atoms. The zero-order valence-corrected chi connectivity index (χ0v) is 51.3. The quantitative estimate of drug-likeness (QED) is 0.0197. The summed E-state index contributed by atoms with van der Waals surface area (Å²) >= 11 is 0. The lowest BCUT2D eigenvalue weighted by atomic mass is 10.0. The molecule has 11 nitrogen and oxygen atoms in total. The highest BCUT2D eigenvalue weighted by Crippen LogP contribution is 2.43. The van der Waals surface area contributed by atoms with Crippen LogP contribution in [0.2, 0.25) is 0 Å². The van der Waals surface area contributed by atoms with E-state index >= 15 is 0 Å². The van der Waals surface area contributed by atoms with Crippen LogP contribution in [0.4, 0.5) is 0 Å². The second-order valence-electron chi connectivity index (χ2n) is 21.6. The number of aliphatic hydroxyl groups is 1. The summed E-state index contributed by atoms with van der Waals surface area (Å²) in [7, 11) is -4.76. The SMILES string of the molecule is CC/C=C\C/C=C\C/C=C\CCCCCCCCCC(=O)OC(CO)COP(=O)(O)OCC(COC(=O)CCCCCCC/C=C\C/C=C\CCCCC)OC(=O)CCCCCCCCCCCCCCCCCCCCC. The number of aliphatic hydroxyl groups excluding tert-OH is 1. The number of ether oxygens (including phenoxy) is 3. The first-order valence-electron chi connectivity index (χ1n) is 32.2. The summed E-state index contributed by atoms with van der Waals surface area (Å²) in [5.74, 6) is -1.47. The number of carbonyl (C=O) groups is 3. The zero-order chi connectivity index (χ0) is 56.9. The maximum atomic E-state index is 13.0. The van der Waals surface area contributed by atoms with Crippen molar-refractivity contribution in [2.75, 3.05) is 26.4 Å².